The van der Waals surface area contributed by atoms with Gasteiger partial charge >= 0.3 is 0 Å². The zero-order chi connectivity index (χ0) is 9.84. The van der Waals surface area contributed by atoms with Crippen molar-refractivity contribution in [2.45, 2.75) is 19.1 Å². The molecule has 0 N–H and O–H groups in total. The standard InChI is InChI=1S/C5H7NO6S.CH4/c1-10-6-4(7)2-3(5(6)8)13-12-11-9;/h3,9H,2H2,1H3;1H4/p-1. The maximum atomic E-state index is 11.2. The molecule has 1 aliphatic heterocycles. The topological polar surface area (TPSA) is 88.1 Å². The van der Waals surface area contributed by atoms with Gasteiger partial charge in [-0.3, -0.25) is 19.5 Å². The molecule has 1 saturated heterocycles. The maximum Gasteiger partial charge on any atom is 0.269 e. The van der Waals surface area contributed by atoms with Crippen LogP contribution in [0.2, 0.25) is 0 Å². The summed E-state index contributed by atoms with van der Waals surface area (Å²) in [6.07, 6.45) is -0.0688. The van der Waals surface area contributed by atoms with Gasteiger partial charge in [-0.1, -0.05) is 7.43 Å². The summed E-state index contributed by atoms with van der Waals surface area (Å²) in [5.41, 5.74) is 0. The largest absolute Gasteiger partial charge is 0.691 e. The summed E-state index contributed by atoms with van der Waals surface area (Å²) in [6, 6.07) is 0. The van der Waals surface area contributed by atoms with E-state index in [9.17, 15) is 14.8 Å². The molecular formula is C6H10NO6S-. The molecule has 0 aromatic rings. The minimum atomic E-state index is -0.776. The molecule has 0 bridgehead atoms. The molecule has 2 amide bonds. The third-order valence-corrected chi connectivity index (χ3v) is 2.16. The average Bonchev–Trinajstić information content (AvgIpc) is 2.38. The lowest BCUT2D eigenvalue weighted by molar-refractivity contribution is -0.777. The number of hydrogen-bond acceptors (Lipinski definition) is 7. The molecule has 1 rings (SSSR count). The fraction of sp³-hybridized carbons (Fsp3) is 0.667. The van der Waals surface area contributed by atoms with Crippen molar-refractivity contribution < 1.29 is 29.1 Å². The van der Waals surface area contributed by atoms with Crippen LogP contribution in [0.5, 0.6) is 0 Å². The molecule has 1 unspecified atom stereocenters. The average molecular weight is 224 g/mol. The van der Waals surface area contributed by atoms with Gasteiger partial charge in [-0.25, -0.2) is 0 Å². The van der Waals surface area contributed by atoms with Gasteiger partial charge in [0.05, 0.1) is 13.5 Å². The zero-order valence-corrected chi connectivity index (χ0v) is 7.41. The van der Waals surface area contributed by atoms with Gasteiger partial charge in [-0.15, -0.1) is 0 Å². The molecule has 1 fully saturated rings. The number of hydrogen-bond donors (Lipinski definition) is 0. The Morgan fingerprint density at radius 2 is 2.21 bits per heavy atom. The number of imide groups is 1. The fourth-order valence-corrected chi connectivity index (χ4v) is 1.43. The first-order valence-electron chi connectivity index (χ1n) is 3.23. The van der Waals surface area contributed by atoms with Crippen LogP contribution in [-0.4, -0.2) is 29.2 Å². The lowest BCUT2D eigenvalue weighted by atomic mass is 10.4. The molecule has 0 saturated carbocycles. The molecule has 7 nitrogen and oxygen atoms in total. The monoisotopic (exact) mass is 224 g/mol. The zero-order valence-electron chi connectivity index (χ0n) is 6.59. The van der Waals surface area contributed by atoms with Crippen molar-refractivity contribution in [1.82, 2.24) is 5.06 Å². The van der Waals surface area contributed by atoms with E-state index in [1.165, 1.54) is 7.11 Å². The van der Waals surface area contributed by atoms with Crippen molar-refractivity contribution in [3.63, 3.8) is 0 Å². The highest BCUT2D eigenvalue weighted by atomic mass is 32.2. The summed E-state index contributed by atoms with van der Waals surface area (Å²) in [7, 11) is 1.20. The van der Waals surface area contributed by atoms with E-state index in [0.717, 1.165) is 0 Å². The lowest BCUT2D eigenvalue weighted by Crippen LogP contribution is -2.30. The maximum absolute atomic E-state index is 11.2. The van der Waals surface area contributed by atoms with Crippen LogP contribution in [0.1, 0.15) is 13.8 Å². The first-order valence-corrected chi connectivity index (χ1v) is 4.04. The minimum Gasteiger partial charge on any atom is -0.691 e. The first kappa shape index (κ1) is 13.3. The number of carbonyl (C=O) groups is 2. The molecule has 0 radical (unpaired) electrons. The lowest BCUT2D eigenvalue weighted by Gasteiger charge is -2.10. The van der Waals surface area contributed by atoms with E-state index in [4.69, 9.17) is 0 Å². The van der Waals surface area contributed by atoms with Crippen LogP contribution in [0.25, 0.3) is 0 Å². The first-order chi connectivity index (χ1) is 6.20. The third kappa shape index (κ3) is 2.66. The number of rotatable bonds is 4. The van der Waals surface area contributed by atoms with Crippen LogP contribution in [0.3, 0.4) is 0 Å². The molecule has 0 aliphatic carbocycles. The van der Waals surface area contributed by atoms with Gasteiger partial charge in [0.25, 0.3) is 11.8 Å². The van der Waals surface area contributed by atoms with Gasteiger partial charge in [0.1, 0.15) is 5.25 Å². The number of nitrogens with zero attached hydrogens (tertiary/aromatic N) is 1. The minimum absolute atomic E-state index is 0. The summed E-state index contributed by atoms with van der Waals surface area (Å²) in [4.78, 5) is 26.6. The Balaban J connectivity index is 0.00000169. The van der Waals surface area contributed by atoms with Crippen LogP contribution in [0.4, 0.5) is 0 Å². The van der Waals surface area contributed by atoms with Crippen LogP contribution in [0, 0.1) is 0 Å². The Morgan fingerprint density at radius 3 is 2.64 bits per heavy atom. The predicted molar refractivity (Wildman–Crippen MR) is 43.8 cm³/mol. The summed E-state index contributed by atoms with van der Waals surface area (Å²) in [5.74, 6) is -1.03. The van der Waals surface area contributed by atoms with Crippen molar-refractivity contribution in [1.29, 1.82) is 0 Å². The quantitative estimate of drug-likeness (QED) is 0.267. The molecule has 1 atom stereocenters. The van der Waals surface area contributed by atoms with Gasteiger partial charge in [-0.2, -0.15) is 9.40 Å². The number of carbonyl (C=O) groups excluding carboxylic acids is 2. The van der Waals surface area contributed by atoms with Crippen LogP contribution < -0.4 is 5.26 Å². The van der Waals surface area contributed by atoms with Gasteiger partial charge < -0.3 is 5.26 Å². The molecule has 1 heterocycles. The molecule has 8 heteroatoms. The molecule has 0 aromatic carbocycles. The van der Waals surface area contributed by atoms with E-state index in [-0.39, 0.29) is 13.8 Å². The number of hydroxylamine groups is 2. The van der Waals surface area contributed by atoms with E-state index >= 15 is 0 Å². The Labute approximate surface area is 84.9 Å². The van der Waals surface area contributed by atoms with Crippen LogP contribution in [0.15, 0.2) is 0 Å². The summed E-state index contributed by atoms with van der Waals surface area (Å²) in [6.45, 7) is 0. The van der Waals surface area contributed by atoms with Crippen LogP contribution in [-0.2, 0) is 23.8 Å². The molecular weight excluding hydrogens is 214 g/mol. The second kappa shape index (κ2) is 5.94. The van der Waals surface area contributed by atoms with E-state index < -0.39 is 17.1 Å². The molecule has 14 heavy (non-hydrogen) atoms. The summed E-state index contributed by atoms with van der Waals surface area (Å²) >= 11 is 0.488. The Bertz CT molecular complexity index is 222. The highest BCUT2D eigenvalue weighted by Gasteiger charge is 2.40. The summed E-state index contributed by atoms with van der Waals surface area (Å²) in [5, 5.41) is 12.3. The van der Waals surface area contributed by atoms with Crippen molar-refractivity contribution >= 4 is 23.9 Å². The normalized spacial score (nSPS) is 21.3. The van der Waals surface area contributed by atoms with Crippen molar-refractivity contribution in [3.8, 4) is 0 Å². The van der Waals surface area contributed by atoms with Gasteiger partial charge in [0, 0.05) is 12.0 Å². The van der Waals surface area contributed by atoms with E-state index in [1.54, 1.807) is 0 Å². The molecule has 0 aromatic heterocycles. The highest BCUT2D eigenvalue weighted by Crippen LogP contribution is 2.25. The third-order valence-electron chi connectivity index (χ3n) is 1.43. The van der Waals surface area contributed by atoms with Crippen molar-refractivity contribution in [2.24, 2.45) is 0 Å². The second-order valence-corrected chi connectivity index (χ2v) is 3.03. The molecule has 1 aliphatic rings. The van der Waals surface area contributed by atoms with E-state index in [0.29, 0.717) is 17.1 Å². The highest BCUT2D eigenvalue weighted by molar-refractivity contribution is 7.96. The molecule has 82 valence electrons. The SMILES string of the molecule is C.CON1C(=O)CC(SOO[O-])C1=O. The van der Waals surface area contributed by atoms with Gasteiger partial charge in [-0.05, 0) is 0 Å². The Hall–Kier alpha value is -0.670. The Morgan fingerprint density at radius 1 is 1.57 bits per heavy atom. The smallest absolute Gasteiger partial charge is 0.269 e. The molecule has 0 spiro atoms. The van der Waals surface area contributed by atoms with E-state index in [2.05, 4.69) is 14.2 Å². The fourth-order valence-electron chi connectivity index (χ4n) is 0.913. The predicted octanol–water partition coefficient (Wildman–Crippen LogP) is -0.817. The van der Waals surface area contributed by atoms with Gasteiger partial charge in [0.15, 0.2) is 0 Å². The number of amides is 2. The van der Waals surface area contributed by atoms with E-state index in [1.807, 2.05) is 0 Å². The second-order valence-electron chi connectivity index (χ2n) is 2.13. The Kier molecular flexibility index (Phi) is 5.65. The van der Waals surface area contributed by atoms with Crippen LogP contribution >= 0.6 is 12.0 Å². The van der Waals surface area contributed by atoms with Crippen molar-refractivity contribution in [2.75, 3.05) is 7.11 Å². The van der Waals surface area contributed by atoms with Gasteiger partial charge in [0.2, 0.25) is 0 Å². The van der Waals surface area contributed by atoms with Crippen molar-refractivity contribution in [3.05, 3.63) is 0 Å². The summed E-state index contributed by atoms with van der Waals surface area (Å²) < 4.78 is 3.93.